The maximum absolute atomic E-state index is 13.9. The molecule has 0 aromatic heterocycles. The van der Waals surface area contributed by atoms with E-state index >= 15 is 0 Å². The molecule has 174 valence electrons. The fourth-order valence-electron chi connectivity index (χ4n) is 3.65. The lowest BCUT2D eigenvalue weighted by Gasteiger charge is -2.28. The van der Waals surface area contributed by atoms with Crippen LogP contribution < -0.4 is 10.4 Å². The number of carbonyl (C=O) groups is 1. The summed E-state index contributed by atoms with van der Waals surface area (Å²) in [6.07, 6.45) is 0. The lowest BCUT2D eigenvalue weighted by atomic mass is 10.1. The summed E-state index contributed by atoms with van der Waals surface area (Å²) in [7, 11) is -0.669. The van der Waals surface area contributed by atoms with Gasteiger partial charge in [-0.1, -0.05) is 42.5 Å². The van der Waals surface area contributed by atoms with E-state index in [1.165, 1.54) is 36.7 Å². The van der Waals surface area contributed by atoms with Gasteiger partial charge in [0.15, 0.2) is 0 Å². The first-order valence-electron chi connectivity index (χ1n) is 9.96. The number of hydrogen-bond donors (Lipinski definition) is 2. The van der Waals surface area contributed by atoms with E-state index < -0.39 is 33.4 Å². The predicted octanol–water partition coefficient (Wildman–Crippen LogP) is 2.90. The molecule has 2 N–H and O–H groups in total. The van der Waals surface area contributed by atoms with Crippen LogP contribution in [-0.4, -0.2) is 48.9 Å². The molecule has 0 aliphatic rings. The highest BCUT2D eigenvalue weighted by molar-refractivity contribution is 7.89. The fourth-order valence-corrected chi connectivity index (χ4v) is 5.43. The summed E-state index contributed by atoms with van der Waals surface area (Å²) in [6.45, 7) is 0.853. The number of hydrogen-bond acceptors (Lipinski definition) is 7. The number of nitro benzene ring substituents is 1. The maximum Gasteiger partial charge on any atom is 0.273 e. The third-order valence-corrected chi connectivity index (χ3v) is 7.34. The molecule has 10 nitrogen and oxygen atoms in total. The van der Waals surface area contributed by atoms with Crippen molar-refractivity contribution in [3.05, 3.63) is 76.3 Å². The van der Waals surface area contributed by atoms with Crippen LogP contribution in [0.3, 0.4) is 0 Å². The topological polar surface area (TPSA) is 133 Å². The molecular formula is C22H24N4O6S. The number of benzene rings is 3. The zero-order valence-electron chi connectivity index (χ0n) is 18.3. The van der Waals surface area contributed by atoms with Gasteiger partial charge in [-0.3, -0.25) is 20.1 Å². The highest BCUT2D eigenvalue weighted by Crippen LogP contribution is 2.33. The number of nitrogens with zero attached hydrogens (tertiary/aromatic N) is 3. The molecule has 3 aromatic rings. The number of anilines is 1. The fraction of sp³-hybridized carbons (Fsp3) is 0.227. The summed E-state index contributed by atoms with van der Waals surface area (Å²) >= 11 is 0. The van der Waals surface area contributed by atoms with Crippen LogP contribution in [0.1, 0.15) is 12.5 Å². The third kappa shape index (κ3) is 4.65. The second-order valence-electron chi connectivity index (χ2n) is 7.61. The molecule has 33 heavy (non-hydrogen) atoms. The molecule has 0 radical (unpaired) electrons. The number of para-hydroxylation sites is 1. The molecule has 1 atom stereocenters. The second-order valence-corrected chi connectivity index (χ2v) is 9.47. The average Bonchev–Trinajstić information content (AvgIpc) is 2.80. The lowest BCUT2D eigenvalue weighted by molar-refractivity contribution is -0.385. The number of sulfonamides is 1. The lowest BCUT2D eigenvalue weighted by Crippen LogP contribution is -2.46. The van der Waals surface area contributed by atoms with Gasteiger partial charge in [0.1, 0.15) is 6.04 Å². The predicted molar refractivity (Wildman–Crippen MR) is 123 cm³/mol. The van der Waals surface area contributed by atoms with Crippen LogP contribution in [0.15, 0.2) is 65.6 Å². The first-order valence-corrected chi connectivity index (χ1v) is 11.4. The van der Waals surface area contributed by atoms with Crippen LogP contribution in [0.5, 0.6) is 0 Å². The van der Waals surface area contributed by atoms with Crippen molar-refractivity contribution >= 4 is 38.1 Å². The molecular weight excluding hydrogens is 448 g/mol. The van der Waals surface area contributed by atoms with Crippen molar-refractivity contribution < 1.29 is 23.3 Å². The van der Waals surface area contributed by atoms with Crippen molar-refractivity contribution in [2.24, 2.45) is 0 Å². The van der Waals surface area contributed by atoms with Gasteiger partial charge in [0.2, 0.25) is 10.0 Å². The van der Waals surface area contributed by atoms with E-state index in [2.05, 4.69) is 0 Å². The first-order chi connectivity index (χ1) is 15.6. The van der Waals surface area contributed by atoms with Crippen LogP contribution >= 0.6 is 0 Å². The van der Waals surface area contributed by atoms with E-state index in [9.17, 15) is 23.3 Å². The third-order valence-electron chi connectivity index (χ3n) is 5.36. The maximum atomic E-state index is 13.9. The van der Waals surface area contributed by atoms with E-state index in [-0.39, 0.29) is 16.1 Å². The number of amides is 1. The molecule has 11 heteroatoms. The molecule has 0 heterocycles. The Morgan fingerprint density at radius 1 is 1.06 bits per heavy atom. The van der Waals surface area contributed by atoms with Gasteiger partial charge in [0.25, 0.3) is 11.6 Å². The van der Waals surface area contributed by atoms with Crippen LogP contribution in [0.25, 0.3) is 10.8 Å². The van der Waals surface area contributed by atoms with E-state index in [0.717, 1.165) is 9.99 Å². The van der Waals surface area contributed by atoms with E-state index in [1.807, 2.05) is 25.1 Å². The van der Waals surface area contributed by atoms with Crippen molar-refractivity contribution in [3.8, 4) is 0 Å². The van der Waals surface area contributed by atoms with Crippen LogP contribution in [0.2, 0.25) is 0 Å². The van der Waals surface area contributed by atoms with Gasteiger partial charge < -0.3 is 4.90 Å². The van der Waals surface area contributed by atoms with Crippen molar-refractivity contribution in [2.75, 3.05) is 19.0 Å². The minimum atomic E-state index is -4.34. The van der Waals surface area contributed by atoms with Gasteiger partial charge in [0, 0.05) is 48.7 Å². The van der Waals surface area contributed by atoms with Gasteiger partial charge >= 0.3 is 0 Å². The molecule has 0 saturated heterocycles. The van der Waals surface area contributed by atoms with Crippen LogP contribution in [0.4, 0.5) is 11.4 Å². The molecule has 0 unspecified atom stereocenters. The van der Waals surface area contributed by atoms with Gasteiger partial charge in [0.05, 0.1) is 9.82 Å². The Balaban J connectivity index is 2.22. The molecule has 0 fully saturated rings. The van der Waals surface area contributed by atoms with E-state index in [0.29, 0.717) is 10.8 Å². The molecule has 0 bridgehead atoms. The van der Waals surface area contributed by atoms with Crippen molar-refractivity contribution in [1.82, 2.24) is 9.79 Å². The Morgan fingerprint density at radius 3 is 2.33 bits per heavy atom. The number of carbonyl (C=O) groups excluding carboxylic acids is 1. The Labute approximate surface area is 191 Å². The molecule has 0 spiro atoms. The minimum Gasteiger partial charge on any atom is -0.377 e. The number of nitrogens with one attached hydrogen (secondary N) is 1. The number of rotatable bonds is 8. The van der Waals surface area contributed by atoms with Gasteiger partial charge in [-0.2, -0.15) is 4.31 Å². The Bertz CT molecular complexity index is 1310. The molecule has 3 aromatic carbocycles. The first kappa shape index (κ1) is 24.1. The minimum absolute atomic E-state index is 0.0557. The Kier molecular flexibility index (Phi) is 6.96. The van der Waals surface area contributed by atoms with Crippen molar-refractivity contribution in [2.45, 2.75) is 24.4 Å². The highest BCUT2D eigenvalue weighted by atomic mass is 32.2. The Morgan fingerprint density at radius 2 is 1.70 bits per heavy atom. The second kappa shape index (κ2) is 9.53. The molecule has 0 aliphatic carbocycles. The summed E-state index contributed by atoms with van der Waals surface area (Å²) < 4.78 is 28.6. The molecule has 0 saturated carbocycles. The van der Waals surface area contributed by atoms with Crippen LogP contribution in [0, 0.1) is 10.1 Å². The standard InChI is InChI=1S/C22H24N4O6S/c1-15(22(27)23-28)25(14-16-8-4-5-11-19(16)26(29)30)33(31,32)21-13-7-9-17-18(21)10-6-12-20(17)24(2)3/h4-13,15,28H,14H2,1-3H3,(H,23,27)/t15-/m0/s1. The number of fused-ring (bicyclic) bond motifs is 1. The zero-order valence-corrected chi connectivity index (χ0v) is 19.1. The normalized spacial score (nSPS) is 12.5. The smallest absolute Gasteiger partial charge is 0.273 e. The zero-order chi connectivity index (χ0) is 24.3. The summed E-state index contributed by atoms with van der Waals surface area (Å²) in [5.74, 6) is -0.966. The van der Waals surface area contributed by atoms with E-state index in [1.54, 1.807) is 30.3 Å². The SMILES string of the molecule is C[C@@H](C(=O)NO)N(Cc1ccccc1[N+](=O)[O-])S(=O)(=O)c1cccc2c(N(C)C)cccc12. The van der Waals surface area contributed by atoms with Gasteiger partial charge in [-0.15, -0.1) is 0 Å². The summed E-state index contributed by atoms with van der Waals surface area (Å²) in [5.41, 5.74) is 2.10. The highest BCUT2D eigenvalue weighted by Gasteiger charge is 2.35. The average molecular weight is 473 g/mol. The summed E-state index contributed by atoms with van der Waals surface area (Å²) in [4.78, 5) is 24.9. The quantitative estimate of drug-likeness (QED) is 0.293. The van der Waals surface area contributed by atoms with Crippen molar-refractivity contribution in [3.63, 3.8) is 0 Å². The van der Waals surface area contributed by atoms with Crippen molar-refractivity contribution in [1.29, 1.82) is 0 Å². The van der Waals surface area contributed by atoms with Gasteiger partial charge in [-0.05, 0) is 19.1 Å². The van der Waals surface area contributed by atoms with Gasteiger partial charge in [-0.25, -0.2) is 13.9 Å². The Hall–Kier alpha value is -3.54. The molecule has 3 rings (SSSR count). The summed E-state index contributed by atoms with van der Waals surface area (Å²) in [5, 5.41) is 21.7. The number of hydroxylamine groups is 1. The molecule has 1 amide bonds. The number of nitro groups is 1. The largest absolute Gasteiger partial charge is 0.377 e. The van der Waals surface area contributed by atoms with Crippen LogP contribution in [-0.2, 0) is 21.4 Å². The monoisotopic (exact) mass is 472 g/mol. The summed E-state index contributed by atoms with van der Waals surface area (Å²) in [6, 6.07) is 14.4. The molecule has 0 aliphatic heterocycles. The van der Waals surface area contributed by atoms with E-state index in [4.69, 9.17) is 5.21 Å².